The quantitative estimate of drug-likeness (QED) is 0.730. The zero-order valence-corrected chi connectivity index (χ0v) is 10.3. The Labute approximate surface area is 102 Å². The first-order valence-corrected chi connectivity index (χ1v) is 6.24. The molecule has 94 valence electrons. The van der Waals surface area contributed by atoms with E-state index in [4.69, 9.17) is 4.74 Å². The first-order chi connectivity index (χ1) is 8.25. The van der Waals surface area contributed by atoms with Gasteiger partial charge in [-0.05, 0) is 5.56 Å². The molecule has 2 atom stereocenters. The number of hydrogen-bond acceptors (Lipinski definition) is 2. The van der Waals surface area contributed by atoms with Crippen molar-refractivity contribution in [3.63, 3.8) is 0 Å². The molecule has 2 unspecified atom stereocenters. The highest BCUT2D eigenvalue weighted by molar-refractivity contribution is 5.13. The fraction of sp³-hybridized carbons (Fsp3) is 0.571. The van der Waals surface area contributed by atoms with Crippen LogP contribution in [0.3, 0.4) is 0 Å². The van der Waals surface area contributed by atoms with Gasteiger partial charge < -0.3 is 4.74 Å². The Balaban J connectivity index is 1.61. The summed E-state index contributed by atoms with van der Waals surface area (Å²) in [7, 11) is 0. The molecule has 3 heteroatoms. The van der Waals surface area contributed by atoms with Gasteiger partial charge in [-0.3, -0.25) is 4.90 Å². The number of nitrogens with zero attached hydrogens (tertiary/aromatic N) is 1. The van der Waals surface area contributed by atoms with Crippen LogP contribution in [0, 0.1) is 5.92 Å². The third-order valence-corrected chi connectivity index (χ3v) is 3.26. The molecule has 0 spiro atoms. The molecular formula is C14H20FNO. The Morgan fingerprint density at radius 1 is 1.29 bits per heavy atom. The molecule has 1 aromatic carbocycles. The molecule has 1 fully saturated rings. The van der Waals surface area contributed by atoms with E-state index in [-0.39, 0.29) is 5.92 Å². The van der Waals surface area contributed by atoms with Crippen molar-refractivity contribution in [2.45, 2.75) is 19.7 Å². The molecule has 17 heavy (non-hydrogen) atoms. The zero-order valence-electron chi connectivity index (χ0n) is 10.3. The summed E-state index contributed by atoms with van der Waals surface area (Å²) < 4.78 is 18.8. The fourth-order valence-corrected chi connectivity index (χ4v) is 2.16. The molecule has 0 amide bonds. The van der Waals surface area contributed by atoms with Crippen molar-refractivity contribution >= 4 is 0 Å². The Morgan fingerprint density at radius 3 is 2.71 bits per heavy atom. The van der Waals surface area contributed by atoms with Crippen molar-refractivity contribution in [3.8, 4) is 0 Å². The molecule has 0 saturated carbocycles. The second-order valence-electron chi connectivity index (χ2n) is 4.79. The number of ether oxygens (including phenoxy) is 1. The summed E-state index contributed by atoms with van der Waals surface area (Å²) in [6.07, 6.45) is -0.663. The minimum absolute atomic E-state index is 0.170. The highest BCUT2D eigenvalue weighted by Crippen LogP contribution is 2.18. The van der Waals surface area contributed by atoms with Gasteiger partial charge in [0, 0.05) is 25.6 Å². The highest BCUT2D eigenvalue weighted by Gasteiger charge is 2.28. The average molecular weight is 237 g/mol. The van der Waals surface area contributed by atoms with E-state index >= 15 is 0 Å². The van der Waals surface area contributed by atoms with Crippen LogP contribution in [0.2, 0.25) is 0 Å². The molecule has 1 heterocycles. The lowest BCUT2D eigenvalue weighted by atomic mass is 10.1. The maximum atomic E-state index is 13.3. The van der Waals surface area contributed by atoms with E-state index in [0.29, 0.717) is 19.8 Å². The monoisotopic (exact) mass is 237 g/mol. The summed E-state index contributed by atoms with van der Waals surface area (Å²) in [6, 6.07) is 10.1. The Bertz CT molecular complexity index is 320. The summed E-state index contributed by atoms with van der Waals surface area (Å²) >= 11 is 0. The smallest absolute Gasteiger partial charge is 0.116 e. The summed E-state index contributed by atoms with van der Waals surface area (Å²) in [4.78, 5) is 2.14. The van der Waals surface area contributed by atoms with E-state index in [9.17, 15) is 4.39 Å². The maximum absolute atomic E-state index is 13.3. The van der Waals surface area contributed by atoms with Crippen LogP contribution < -0.4 is 0 Å². The van der Waals surface area contributed by atoms with Gasteiger partial charge in [-0.1, -0.05) is 37.3 Å². The van der Waals surface area contributed by atoms with Gasteiger partial charge in [-0.25, -0.2) is 4.39 Å². The van der Waals surface area contributed by atoms with Crippen molar-refractivity contribution in [1.29, 1.82) is 0 Å². The summed E-state index contributed by atoms with van der Waals surface area (Å²) in [5, 5.41) is 0. The van der Waals surface area contributed by atoms with Gasteiger partial charge in [0.2, 0.25) is 0 Å². The number of likely N-dealkylation sites (tertiary alicyclic amines) is 1. The van der Waals surface area contributed by atoms with Crippen molar-refractivity contribution in [3.05, 3.63) is 35.9 Å². The Morgan fingerprint density at radius 2 is 2.06 bits per heavy atom. The maximum Gasteiger partial charge on any atom is 0.116 e. The van der Waals surface area contributed by atoms with Crippen LogP contribution >= 0.6 is 0 Å². The van der Waals surface area contributed by atoms with Gasteiger partial charge in [0.05, 0.1) is 13.2 Å². The van der Waals surface area contributed by atoms with Crippen molar-refractivity contribution < 1.29 is 9.13 Å². The minimum atomic E-state index is -0.663. The van der Waals surface area contributed by atoms with Crippen molar-refractivity contribution in [2.24, 2.45) is 5.92 Å². The molecule has 0 radical (unpaired) electrons. The van der Waals surface area contributed by atoms with Gasteiger partial charge in [0.1, 0.15) is 6.17 Å². The molecular weight excluding hydrogens is 217 g/mol. The average Bonchev–Trinajstić information content (AvgIpc) is 2.66. The molecule has 0 N–H and O–H groups in total. The Hall–Kier alpha value is -0.930. The number of benzene rings is 1. The lowest BCUT2D eigenvalue weighted by molar-refractivity contribution is 0.0972. The van der Waals surface area contributed by atoms with E-state index < -0.39 is 6.17 Å². The van der Waals surface area contributed by atoms with Crippen LogP contribution in [0.15, 0.2) is 30.3 Å². The molecule has 1 aliphatic heterocycles. The van der Waals surface area contributed by atoms with Gasteiger partial charge in [0.15, 0.2) is 0 Å². The number of halogens is 1. The SMILES string of the molecule is CC1CN(CCOCc2ccccc2)CC1F. The zero-order chi connectivity index (χ0) is 12.1. The van der Waals surface area contributed by atoms with Crippen LogP contribution in [-0.4, -0.2) is 37.3 Å². The third kappa shape index (κ3) is 3.79. The van der Waals surface area contributed by atoms with Gasteiger partial charge in [-0.2, -0.15) is 0 Å². The second-order valence-corrected chi connectivity index (χ2v) is 4.79. The van der Waals surface area contributed by atoms with Gasteiger partial charge in [-0.15, -0.1) is 0 Å². The molecule has 1 saturated heterocycles. The summed E-state index contributed by atoms with van der Waals surface area (Å²) in [5.41, 5.74) is 1.19. The predicted molar refractivity (Wildman–Crippen MR) is 66.6 cm³/mol. The normalized spacial score (nSPS) is 25.3. The Kier molecular flexibility index (Phi) is 4.51. The van der Waals surface area contributed by atoms with Crippen LogP contribution in [-0.2, 0) is 11.3 Å². The van der Waals surface area contributed by atoms with E-state index in [2.05, 4.69) is 17.0 Å². The van der Waals surface area contributed by atoms with Crippen molar-refractivity contribution in [1.82, 2.24) is 4.90 Å². The molecule has 1 aliphatic rings. The molecule has 2 rings (SSSR count). The van der Waals surface area contributed by atoms with Crippen LogP contribution in [0.4, 0.5) is 4.39 Å². The standard InChI is InChI=1S/C14H20FNO/c1-12-9-16(10-14(12)15)7-8-17-11-13-5-3-2-4-6-13/h2-6,12,14H,7-11H2,1H3. The minimum Gasteiger partial charge on any atom is -0.375 e. The fourth-order valence-electron chi connectivity index (χ4n) is 2.16. The number of rotatable bonds is 5. The number of alkyl halides is 1. The van der Waals surface area contributed by atoms with Crippen LogP contribution in [0.25, 0.3) is 0 Å². The third-order valence-electron chi connectivity index (χ3n) is 3.26. The molecule has 2 nitrogen and oxygen atoms in total. The lowest BCUT2D eigenvalue weighted by Gasteiger charge is -2.14. The predicted octanol–water partition coefficient (Wildman–Crippen LogP) is 2.49. The molecule has 0 aliphatic carbocycles. The number of hydrogen-bond donors (Lipinski definition) is 0. The van der Waals surface area contributed by atoms with Crippen LogP contribution in [0.1, 0.15) is 12.5 Å². The van der Waals surface area contributed by atoms with E-state index in [0.717, 1.165) is 13.1 Å². The second kappa shape index (κ2) is 6.12. The van der Waals surface area contributed by atoms with E-state index in [1.54, 1.807) is 0 Å². The summed E-state index contributed by atoms with van der Waals surface area (Å²) in [6.45, 7) is 5.54. The molecule has 1 aromatic rings. The summed E-state index contributed by atoms with van der Waals surface area (Å²) in [5.74, 6) is 0.170. The topological polar surface area (TPSA) is 12.5 Å². The molecule has 0 bridgehead atoms. The lowest BCUT2D eigenvalue weighted by Crippen LogP contribution is -2.25. The first-order valence-electron chi connectivity index (χ1n) is 6.24. The highest BCUT2D eigenvalue weighted by atomic mass is 19.1. The van der Waals surface area contributed by atoms with Crippen molar-refractivity contribution in [2.75, 3.05) is 26.2 Å². The van der Waals surface area contributed by atoms with E-state index in [1.807, 2.05) is 25.1 Å². The molecule has 0 aromatic heterocycles. The first kappa shape index (κ1) is 12.5. The van der Waals surface area contributed by atoms with E-state index in [1.165, 1.54) is 5.56 Å². The van der Waals surface area contributed by atoms with Gasteiger partial charge in [0.25, 0.3) is 0 Å². The van der Waals surface area contributed by atoms with Gasteiger partial charge >= 0.3 is 0 Å². The largest absolute Gasteiger partial charge is 0.375 e. The van der Waals surface area contributed by atoms with Crippen LogP contribution in [0.5, 0.6) is 0 Å².